The van der Waals surface area contributed by atoms with Gasteiger partial charge < -0.3 is 9.84 Å². The lowest BCUT2D eigenvalue weighted by Gasteiger charge is -2.35. The number of alkyl halides is 3. The molecule has 0 aliphatic carbocycles. The fraction of sp³-hybridized carbons (Fsp3) is 0.480. The topological polar surface area (TPSA) is 53.0 Å². The molecule has 0 atom stereocenters. The number of carbonyl (C=O) groups is 1. The highest BCUT2D eigenvalue weighted by Gasteiger charge is 2.33. The Hall–Kier alpha value is -2.58. The second-order valence-corrected chi connectivity index (χ2v) is 9.18. The van der Waals surface area contributed by atoms with Crippen LogP contribution in [0, 0.1) is 13.8 Å². The summed E-state index contributed by atoms with van der Waals surface area (Å²) in [7, 11) is 0. The van der Waals surface area contributed by atoms with Crippen LogP contribution in [0.15, 0.2) is 36.4 Å². The number of hydrogen-bond acceptors (Lipinski definition) is 4. The summed E-state index contributed by atoms with van der Waals surface area (Å²) in [5, 5.41) is 9.33. The number of aliphatic carboxylic acids is 1. The zero-order chi connectivity index (χ0) is 24.4. The third-order valence-corrected chi connectivity index (χ3v) is 5.98. The van der Waals surface area contributed by atoms with E-state index in [9.17, 15) is 23.1 Å². The lowest BCUT2D eigenvalue weighted by Crippen LogP contribution is -2.45. The molecule has 33 heavy (non-hydrogen) atoms. The van der Waals surface area contributed by atoms with Crippen LogP contribution in [0.25, 0.3) is 0 Å². The molecule has 3 rings (SSSR count). The predicted molar refractivity (Wildman–Crippen MR) is 120 cm³/mol. The summed E-state index contributed by atoms with van der Waals surface area (Å²) >= 11 is 0. The number of halogens is 3. The minimum absolute atomic E-state index is 0.285. The molecule has 180 valence electrons. The van der Waals surface area contributed by atoms with Gasteiger partial charge in [0.15, 0.2) is 5.60 Å². The number of carboxylic acid groups (broad SMARTS) is 1. The van der Waals surface area contributed by atoms with Gasteiger partial charge in [-0.25, -0.2) is 4.79 Å². The summed E-state index contributed by atoms with van der Waals surface area (Å²) in [5.74, 6) is -0.444. The average Bonchev–Trinajstić information content (AvgIpc) is 2.72. The third kappa shape index (κ3) is 6.26. The van der Waals surface area contributed by atoms with Crippen LogP contribution in [-0.4, -0.2) is 52.7 Å². The van der Waals surface area contributed by atoms with Gasteiger partial charge in [0, 0.05) is 39.3 Å². The molecule has 8 heteroatoms. The monoisotopic (exact) mass is 464 g/mol. The van der Waals surface area contributed by atoms with E-state index in [0.717, 1.165) is 42.4 Å². The maximum absolute atomic E-state index is 13.3. The first-order valence-corrected chi connectivity index (χ1v) is 11.0. The molecule has 0 saturated carbocycles. The van der Waals surface area contributed by atoms with Gasteiger partial charge >= 0.3 is 12.1 Å². The van der Waals surface area contributed by atoms with Crippen molar-refractivity contribution in [3.05, 3.63) is 64.2 Å². The maximum atomic E-state index is 13.3. The van der Waals surface area contributed by atoms with E-state index in [1.807, 2.05) is 26.0 Å². The minimum atomic E-state index is -4.34. The van der Waals surface area contributed by atoms with Gasteiger partial charge in [-0.2, -0.15) is 13.2 Å². The van der Waals surface area contributed by atoms with Gasteiger partial charge in [-0.15, -0.1) is 0 Å². The highest BCUT2D eigenvalue weighted by atomic mass is 19.4. The Labute approximate surface area is 192 Å². The van der Waals surface area contributed by atoms with Crippen molar-refractivity contribution in [3.63, 3.8) is 0 Å². The SMILES string of the molecule is Cc1cc(CN2CCN(Cc3ccccc3C(F)(F)F)CC2)cc(C)c1OC(C)(C)C(=O)O. The molecule has 2 aromatic carbocycles. The van der Waals surface area contributed by atoms with Crippen molar-refractivity contribution < 1.29 is 27.8 Å². The Bertz CT molecular complexity index is 974. The smallest absolute Gasteiger partial charge is 0.416 e. The number of nitrogens with zero attached hydrogens (tertiary/aromatic N) is 2. The van der Waals surface area contributed by atoms with E-state index in [0.29, 0.717) is 24.4 Å². The van der Waals surface area contributed by atoms with E-state index >= 15 is 0 Å². The minimum Gasteiger partial charge on any atom is -0.478 e. The van der Waals surface area contributed by atoms with Crippen LogP contribution >= 0.6 is 0 Å². The molecule has 1 fully saturated rings. The van der Waals surface area contributed by atoms with Crippen molar-refractivity contribution in [2.24, 2.45) is 0 Å². The van der Waals surface area contributed by atoms with E-state index in [1.165, 1.54) is 19.9 Å². The van der Waals surface area contributed by atoms with Crippen LogP contribution in [0.4, 0.5) is 13.2 Å². The van der Waals surface area contributed by atoms with Gasteiger partial charge in [-0.05, 0) is 56.0 Å². The number of piperazine rings is 1. The van der Waals surface area contributed by atoms with Crippen molar-refractivity contribution in [2.75, 3.05) is 26.2 Å². The molecule has 0 aromatic heterocycles. The number of aryl methyl sites for hydroxylation is 2. The van der Waals surface area contributed by atoms with E-state index < -0.39 is 23.3 Å². The van der Waals surface area contributed by atoms with Gasteiger partial charge in [0.25, 0.3) is 0 Å². The number of hydrogen-bond donors (Lipinski definition) is 1. The Balaban J connectivity index is 1.60. The second kappa shape index (κ2) is 9.73. The fourth-order valence-corrected chi connectivity index (χ4v) is 4.13. The Morgan fingerprint density at radius 3 is 2.00 bits per heavy atom. The molecule has 1 aliphatic rings. The summed E-state index contributed by atoms with van der Waals surface area (Å²) in [6, 6.07) is 9.78. The van der Waals surface area contributed by atoms with Gasteiger partial charge in [-0.3, -0.25) is 9.80 Å². The molecule has 0 bridgehead atoms. The molecule has 5 nitrogen and oxygen atoms in total. The molecule has 0 radical (unpaired) electrons. The van der Waals surface area contributed by atoms with Crippen molar-refractivity contribution in [1.82, 2.24) is 9.80 Å². The van der Waals surface area contributed by atoms with Gasteiger partial charge in [-0.1, -0.05) is 30.3 Å². The van der Waals surface area contributed by atoms with Crippen molar-refractivity contribution in [1.29, 1.82) is 0 Å². The summed E-state index contributed by atoms with van der Waals surface area (Å²) in [6.45, 7) is 10.8. The molecule has 1 aliphatic heterocycles. The van der Waals surface area contributed by atoms with E-state index in [-0.39, 0.29) is 6.54 Å². The molecule has 0 amide bonds. The first kappa shape index (κ1) is 25.1. The van der Waals surface area contributed by atoms with E-state index in [4.69, 9.17) is 4.74 Å². The Morgan fingerprint density at radius 1 is 0.970 bits per heavy atom. The number of rotatable bonds is 7. The van der Waals surface area contributed by atoms with Crippen LogP contribution in [0.5, 0.6) is 5.75 Å². The van der Waals surface area contributed by atoms with Crippen molar-refractivity contribution in [3.8, 4) is 5.75 Å². The summed E-state index contributed by atoms with van der Waals surface area (Å²) in [5.41, 5.74) is 1.28. The standard InChI is InChI=1S/C25H31F3N2O3/c1-17-13-19(14-18(2)22(17)33-24(3,4)23(31)32)15-29-9-11-30(12-10-29)16-20-7-5-6-8-21(20)25(26,27)28/h5-8,13-14H,9-12,15-16H2,1-4H3,(H,31,32). The lowest BCUT2D eigenvalue weighted by atomic mass is 10.0. The highest BCUT2D eigenvalue weighted by Crippen LogP contribution is 2.33. The predicted octanol–water partition coefficient (Wildman–Crippen LogP) is 4.88. The third-order valence-electron chi connectivity index (χ3n) is 5.98. The van der Waals surface area contributed by atoms with Crippen LogP contribution < -0.4 is 4.74 Å². The van der Waals surface area contributed by atoms with Crippen molar-refractivity contribution >= 4 is 5.97 Å². The van der Waals surface area contributed by atoms with Crippen LogP contribution in [0.3, 0.4) is 0 Å². The van der Waals surface area contributed by atoms with E-state index in [2.05, 4.69) is 9.80 Å². The van der Waals surface area contributed by atoms with Gasteiger partial charge in [0.2, 0.25) is 0 Å². The lowest BCUT2D eigenvalue weighted by molar-refractivity contribution is -0.152. The molecule has 1 N–H and O–H groups in total. The maximum Gasteiger partial charge on any atom is 0.416 e. The number of carboxylic acids is 1. The quantitative estimate of drug-likeness (QED) is 0.633. The molecular weight excluding hydrogens is 433 g/mol. The summed E-state index contributed by atoms with van der Waals surface area (Å²) in [6.07, 6.45) is -4.34. The normalized spacial score (nSPS) is 16.1. The van der Waals surface area contributed by atoms with Crippen LogP contribution in [0.2, 0.25) is 0 Å². The summed E-state index contributed by atoms with van der Waals surface area (Å²) < 4.78 is 45.6. The number of benzene rings is 2. The largest absolute Gasteiger partial charge is 0.478 e. The van der Waals surface area contributed by atoms with E-state index in [1.54, 1.807) is 12.1 Å². The zero-order valence-electron chi connectivity index (χ0n) is 19.5. The van der Waals surface area contributed by atoms with Crippen molar-refractivity contribution in [2.45, 2.75) is 52.6 Å². The Kier molecular flexibility index (Phi) is 7.39. The molecule has 2 aromatic rings. The molecule has 0 unspecified atom stereocenters. The number of ether oxygens (including phenoxy) is 1. The van der Waals surface area contributed by atoms with Gasteiger partial charge in [0.1, 0.15) is 5.75 Å². The Morgan fingerprint density at radius 2 is 1.48 bits per heavy atom. The molecule has 1 saturated heterocycles. The summed E-state index contributed by atoms with van der Waals surface area (Å²) in [4.78, 5) is 15.7. The van der Waals surface area contributed by atoms with Crippen LogP contribution in [0.1, 0.15) is 41.7 Å². The zero-order valence-corrected chi connectivity index (χ0v) is 19.5. The molecule has 0 spiro atoms. The first-order chi connectivity index (χ1) is 15.4. The van der Waals surface area contributed by atoms with Crippen LogP contribution in [-0.2, 0) is 24.1 Å². The second-order valence-electron chi connectivity index (χ2n) is 9.18. The van der Waals surface area contributed by atoms with Gasteiger partial charge in [0.05, 0.1) is 5.56 Å². The molecule has 1 heterocycles. The highest BCUT2D eigenvalue weighted by molar-refractivity contribution is 5.77. The first-order valence-electron chi connectivity index (χ1n) is 11.0. The molecular formula is C25H31F3N2O3. The fourth-order valence-electron chi connectivity index (χ4n) is 4.13. The average molecular weight is 465 g/mol.